The number of rotatable bonds is 6. The van der Waals surface area contributed by atoms with E-state index in [1.165, 1.54) is 0 Å². The fourth-order valence-corrected chi connectivity index (χ4v) is 2.41. The molecule has 3 nitrogen and oxygen atoms in total. The summed E-state index contributed by atoms with van der Waals surface area (Å²) >= 11 is 6.73. The van der Waals surface area contributed by atoms with Crippen LogP contribution in [0.1, 0.15) is 13.3 Å². The van der Waals surface area contributed by atoms with Crippen molar-refractivity contribution < 1.29 is 9.53 Å². The van der Waals surface area contributed by atoms with Gasteiger partial charge in [0.25, 0.3) is 5.91 Å². The molecular weight excluding hydrogens is 362 g/mol. The molecule has 0 aliphatic carbocycles. The molecule has 0 spiro atoms. The van der Waals surface area contributed by atoms with E-state index in [0.717, 1.165) is 15.4 Å². The summed E-state index contributed by atoms with van der Waals surface area (Å²) in [7, 11) is 0. The maximum Gasteiger partial charge on any atom is 0.257 e. The molecule has 0 aliphatic heterocycles. The third kappa shape index (κ3) is 5.69. The van der Waals surface area contributed by atoms with Crippen LogP contribution in [0.25, 0.3) is 0 Å². The van der Waals surface area contributed by atoms with E-state index in [-0.39, 0.29) is 12.5 Å². The third-order valence-corrected chi connectivity index (χ3v) is 3.23. The second-order valence-corrected chi connectivity index (χ2v) is 5.34. The first-order valence-corrected chi connectivity index (χ1v) is 7.17. The lowest BCUT2D eigenvalue weighted by molar-refractivity contribution is -0.123. The Morgan fingerprint density at radius 3 is 2.89 bits per heavy atom. The molecule has 5 heteroatoms. The number of ether oxygens (including phenoxy) is 1. The monoisotopic (exact) mass is 375 g/mol. The summed E-state index contributed by atoms with van der Waals surface area (Å²) in [5.74, 6) is 0.538. The summed E-state index contributed by atoms with van der Waals surface area (Å²) < 4.78 is 7.19. The van der Waals surface area contributed by atoms with Gasteiger partial charge in [0, 0.05) is 11.0 Å². The van der Waals surface area contributed by atoms with E-state index in [0.29, 0.717) is 12.3 Å². The number of benzene rings is 1. The van der Waals surface area contributed by atoms with Crippen molar-refractivity contribution in [1.29, 1.82) is 0 Å². The molecule has 0 fully saturated rings. The number of allylic oxidation sites excluding steroid dienone is 1. The molecule has 0 radical (unpaired) electrons. The highest BCUT2D eigenvalue weighted by atomic mass is 79.9. The lowest BCUT2D eigenvalue weighted by Crippen LogP contribution is -2.29. The second-order valence-electron chi connectivity index (χ2n) is 3.57. The molecule has 1 rings (SSSR count). The Morgan fingerprint density at radius 2 is 2.22 bits per heavy atom. The Bertz CT molecular complexity index is 433. The quantitative estimate of drug-likeness (QED) is 0.607. The summed E-state index contributed by atoms with van der Waals surface area (Å²) in [5, 5.41) is 2.78. The van der Waals surface area contributed by atoms with E-state index >= 15 is 0 Å². The van der Waals surface area contributed by atoms with E-state index in [2.05, 4.69) is 37.2 Å². The number of hydrogen-bond donors (Lipinski definition) is 1. The minimum atomic E-state index is -0.116. The number of amides is 1. The third-order valence-electron chi connectivity index (χ3n) is 2.12. The topological polar surface area (TPSA) is 38.3 Å². The predicted octanol–water partition coefficient (Wildman–Crippen LogP) is 3.67. The van der Waals surface area contributed by atoms with Gasteiger partial charge in [-0.2, -0.15) is 0 Å². The number of carbonyl (C=O) groups excluding carboxylic acids is 1. The van der Waals surface area contributed by atoms with Crippen LogP contribution in [0.3, 0.4) is 0 Å². The van der Waals surface area contributed by atoms with Crippen molar-refractivity contribution in [3.8, 4) is 5.75 Å². The first kappa shape index (κ1) is 15.2. The van der Waals surface area contributed by atoms with Gasteiger partial charge in [0.1, 0.15) is 5.75 Å². The lowest BCUT2D eigenvalue weighted by Gasteiger charge is -2.08. The van der Waals surface area contributed by atoms with Gasteiger partial charge in [-0.1, -0.05) is 28.1 Å². The molecule has 98 valence electrons. The highest BCUT2D eigenvalue weighted by Gasteiger charge is 2.05. The van der Waals surface area contributed by atoms with Crippen LogP contribution in [0, 0.1) is 0 Å². The number of hydrogen-bond acceptors (Lipinski definition) is 2. The van der Waals surface area contributed by atoms with Crippen LogP contribution in [0.2, 0.25) is 0 Å². The molecule has 1 aromatic rings. The van der Waals surface area contributed by atoms with Crippen molar-refractivity contribution in [2.45, 2.75) is 13.3 Å². The molecule has 18 heavy (non-hydrogen) atoms. The summed E-state index contributed by atoms with van der Waals surface area (Å²) in [6.07, 6.45) is 4.80. The first-order chi connectivity index (χ1) is 8.63. The van der Waals surface area contributed by atoms with E-state index < -0.39 is 0 Å². The van der Waals surface area contributed by atoms with Gasteiger partial charge in [0.15, 0.2) is 6.61 Å². The van der Waals surface area contributed by atoms with Gasteiger partial charge in [-0.15, -0.1) is 0 Å². The van der Waals surface area contributed by atoms with Gasteiger partial charge in [-0.3, -0.25) is 4.79 Å². The Labute approximate surface area is 124 Å². The van der Waals surface area contributed by atoms with Crippen LogP contribution in [0.5, 0.6) is 5.75 Å². The Morgan fingerprint density at radius 1 is 1.44 bits per heavy atom. The van der Waals surface area contributed by atoms with E-state index in [4.69, 9.17) is 4.74 Å². The fourth-order valence-electron chi connectivity index (χ4n) is 1.25. The first-order valence-electron chi connectivity index (χ1n) is 5.59. The molecule has 0 aliphatic rings. The Hall–Kier alpha value is -0.810. The maximum absolute atomic E-state index is 11.5. The van der Waals surface area contributed by atoms with Crippen LogP contribution in [0.4, 0.5) is 0 Å². The highest BCUT2D eigenvalue weighted by molar-refractivity contribution is 9.11. The molecule has 0 heterocycles. The van der Waals surface area contributed by atoms with Crippen LogP contribution in [0.15, 0.2) is 39.3 Å². The van der Waals surface area contributed by atoms with Gasteiger partial charge < -0.3 is 10.1 Å². The minimum Gasteiger partial charge on any atom is -0.483 e. The van der Waals surface area contributed by atoms with E-state index in [9.17, 15) is 4.79 Å². The smallest absolute Gasteiger partial charge is 0.257 e. The summed E-state index contributed by atoms with van der Waals surface area (Å²) in [4.78, 5) is 11.5. The van der Waals surface area contributed by atoms with Gasteiger partial charge in [0.2, 0.25) is 0 Å². The molecule has 0 saturated carbocycles. The van der Waals surface area contributed by atoms with Crippen molar-refractivity contribution in [3.05, 3.63) is 39.3 Å². The van der Waals surface area contributed by atoms with Crippen LogP contribution in [-0.2, 0) is 4.79 Å². The summed E-state index contributed by atoms with van der Waals surface area (Å²) in [6.45, 7) is 2.61. The highest BCUT2D eigenvalue weighted by Crippen LogP contribution is 2.27. The van der Waals surface area contributed by atoms with Crippen LogP contribution in [-0.4, -0.2) is 19.1 Å². The fraction of sp³-hybridized carbons (Fsp3) is 0.308. The predicted molar refractivity (Wildman–Crippen MR) is 79.8 cm³/mol. The van der Waals surface area contributed by atoms with Gasteiger partial charge >= 0.3 is 0 Å². The van der Waals surface area contributed by atoms with Gasteiger partial charge in [-0.05, 0) is 47.5 Å². The molecule has 0 saturated heterocycles. The molecule has 0 atom stereocenters. The van der Waals surface area contributed by atoms with Gasteiger partial charge in [-0.25, -0.2) is 0 Å². The lowest BCUT2D eigenvalue weighted by atomic mass is 10.3. The average Bonchev–Trinajstić information content (AvgIpc) is 2.33. The number of carbonyl (C=O) groups is 1. The van der Waals surface area contributed by atoms with E-state index in [1.54, 1.807) is 6.07 Å². The Kier molecular flexibility index (Phi) is 7.05. The number of halogens is 2. The molecule has 0 bridgehead atoms. The molecule has 1 amide bonds. The largest absolute Gasteiger partial charge is 0.483 e. The molecule has 0 aromatic heterocycles. The van der Waals surface area contributed by atoms with Crippen LogP contribution >= 0.6 is 31.9 Å². The van der Waals surface area contributed by atoms with Crippen molar-refractivity contribution in [2.75, 3.05) is 13.2 Å². The second kappa shape index (κ2) is 8.32. The average molecular weight is 377 g/mol. The zero-order valence-corrected chi connectivity index (χ0v) is 13.3. The van der Waals surface area contributed by atoms with Crippen molar-refractivity contribution in [3.63, 3.8) is 0 Å². The van der Waals surface area contributed by atoms with Crippen molar-refractivity contribution >= 4 is 37.8 Å². The zero-order valence-electron chi connectivity index (χ0n) is 10.1. The molecule has 1 N–H and O–H groups in total. The normalized spacial score (nSPS) is 10.6. The summed E-state index contributed by atoms with van der Waals surface area (Å²) in [6, 6.07) is 5.55. The van der Waals surface area contributed by atoms with Crippen molar-refractivity contribution in [2.24, 2.45) is 0 Å². The molecular formula is C13H15Br2NO2. The number of nitrogens with one attached hydrogen (secondary N) is 1. The zero-order chi connectivity index (χ0) is 13.4. The van der Waals surface area contributed by atoms with Gasteiger partial charge in [0.05, 0.1) is 4.47 Å². The van der Waals surface area contributed by atoms with Crippen molar-refractivity contribution in [1.82, 2.24) is 5.32 Å². The SMILES string of the molecule is C/C=C/CCNC(=O)COc1ccc(Br)cc1Br. The molecule has 1 aromatic carbocycles. The van der Waals surface area contributed by atoms with E-state index in [1.807, 2.05) is 31.2 Å². The summed E-state index contributed by atoms with van der Waals surface area (Å²) in [5.41, 5.74) is 0. The van der Waals surface area contributed by atoms with Crippen LogP contribution < -0.4 is 10.1 Å². The minimum absolute atomic E-state index is 0.0239. The maximum atomic E-state index is 11.5. The Balaban J connectivity index is 2.33. The molecule has 0 unspecified atom stereocenters. The standard InChI is InChI=1S/C13H15Br2NO2/c1-2-3-4-7-16-13(17)9-18-12-6-5-10(14)8-11(12)15/h2-3,5-6,8H,4,7,9H2,1H3,(H,16,17)/b3-2+.